The van der Waals surface area contributed by atoms with E-state index in [-0.39, 0.29) is 12.3 Å². The van der Waals surface area contributed by atoms with Crippen LogP contribution in [0.2, 0.25) is 0 Å². The molecular formula is C16H18N2O3. The molecule has 2 N–H and O–H groups in total. The highest BCUT2D eigenvalue weighted by Crippen LogP contribution is 2.24. The van der Waals surface area contributed by atoms with Crippen LogP contribution >= 0.6 is 0 Å². The molecule has 0 aliphatic carbocycles. The van der Waals surface area contributed by atoms with Crippen LogP contribution in [-0.4, -0.2) is 22.0 Å². The number of carbonyl (C=O) groups excluding carboxylic acids is 1. The summed E-state index contributed by atoms with van der Waals surface area (Å²) in [5.74, 6) is -1.33. The molecule has 2 rings (SSSR count). The summed E-state index contributed by atoms with van der Waals surface area (Å²) in [7, 11) is 0. The first-order chi connectivity index (χ1) is 9.79. The quantitative estimate of drug-likeness (QED) is 0.905. The molecule has 0 spiro atoms. The number of hydrogen-bond acceptors (Lipinski definition) is 3. The summed E-state index contributed by atoms with van der Waals surface area (Å²) >= 11 is 0. The number of aryl methyl sites for hydroxylation is 1. The van der Waals surface area contributed by atoms with Crippen molar-refractivity contribution in [3.63, 3.8) is 0 Å². The third-order valence-corrected chi connectivity index (χ3v) is 3.32. The molecule has 1 aromatic carbocycles. The molecule has 21 heavy (non-hydrogen) atoms. The lowest BCUT2D eigenvalue weighted by Crippen LogP contribution is -2.29. The highest BCUT2D eigenvalue weighted by Gasteiger charge is 2.30. The van der Waals surface area contributed by atoms with Crippen LogP contribution in [0.15, 0.2) is 30.3 Å². The van der Waals surface area contributed by atoms with Gasteiger partial charge in [-0.25, -0.2) is 0 Å². The fourth-order valence-corrected chi connectivity index (χ4v) is 2.02. The standard InChI is InChI=1S/C16H18N2O3/c1-10-7-8-11-5-4-6-12(14(11)17-10)18-13(19)9-16(2,3)15(20)21/h4-8H,9H2,1-3H3,(H,18,19)(H,20,21). The maximum Gasteiger partial charge on any atom is 0.309 e. The van der Waals surface area contributed by atoms with Gasteiger partial charge in [-0.15, -0.1) is 0 Å². The number of amides is 1. The molecule has 0 fully saturated rings. The summed E-state index contributed by atoms with van der Waals surface area (Å²) < 4.78 is 0. The van der Waals surface area contributed by atoms with Crippen molar-refractivity contribution in [1.29, 1.82) is 0 Å². The predicted octanol–water partition coefficient (Wildman–Crippen LogP) is 2.98. The Bertz CT molecular complexity index is 708. The number of aliphatic carboxylic acids is 1. The van der Waals surface area contributed by atoms with Crippen molar-refractivity contribution in [3.05, 3.63) is 36.0 Å². The normalized spacial score (nSPS) is 11.4. The molecule has 0 saturated carbocycles. The van der Waals surface area contributed by atoms with Gasteiger partial charge in [0.25, 0.3) is 0 Å². The third-order valence-electron chi connectivity index (χ3n) is 3.32. The Hall–Kier alpha value is -2.43. The highest BCUT2D eigenvalue weighted by atomic mass is 16.4. The number of anilines is 1. The van der Waals surface area contributed by atoms with Crippen molar-refractivity contribution in [1.82, 2.24) is 4.98 Å². The SMILES string of the molecule is Cc1ccc2cccc(NC(=O)CC(C)(C)C(=O)O)c2n1. The van der Waals surface area contributed by atoms with Crippen LogP contribution in [0.25, 0.3) is 10.9 Å². The number of pyridine rings is 1. The Morgan fingerprint density at radius 3 is 2.62 bits per heavy atom. The van der Waals surface area contributed by atoms with Gasteiger partial charge in [0.15, 0.2) is 0 Å². The van der Waals surface area contributed by atoms with E-state index in [1.54, 1.807) is 6.07 Å². The Balaban J connectivity index is 2.26. The molecule has 0 saturated heterocycles. The van der Waals surface area contributed by atoms with Crippen LogP contribution in [0.1, 0.15) is 26.0 Å². The topological polar surface area (TPSA) is 79.3 Å². The van der Waals surface area contributed by atoms with Crippen LogP contribution in [0.5, 0.6) is 0 Å². The number of aromatic nitrogens is 1. The van der Waals surface area contributed by atoms with Gasteiger partial charge < -0.3 is 10.4 Å². The van der Waals surface area contributed by atoms with Gasteiger partial charge in [-0.3, -0.25) is 14.6 Å². The Kier molecular flexibility index (Phi) is 3.93. The number of para-hydroxylation sites is 1. The van der Waals surface area contributed by atoms with Crippen LogP contribution in [0, 0.1) is 12.3 Å². The number of carbonyl (C=O) groups is 2. The van der Waals surface area contributed by atoms with E-state index in [0.29, 0.717) is 11.2 Å². The van der Waals surface area contributed by atoms with Crippen molar-refractivity contribution >= 4 is 28.5 Å². The number of nitrogens with one attached hydrogen (secondary N) is 1. The molecular weight excluding hydrogens is 268 g/mol. The first-order valence-corrected chi connectivity index (χ1v) is 6.69. The minimum absolute atomic E-state index is 0.0927. The average Bonchev–Trinajstić information content (AvgIpc) is 2.38. The number of nitrogens with zero attached hydrogens (tertiary/aromatic N) is 1. The van der Waals surface area contributed by atoms with Gasteiger partial charge in [0.05, 0.1) is 16.6 Å². The molecule has 0 bridgehead atoms. The monoisotopic (exact) mass is 286 g/mol. The van der Waals surface area contributed by atoms with E-state index < -0.39 is 11.4 Å². The lowest BCUT2D eigenvalue weighted by atomic mass is 9.89. The van der Waals surface area contributed by atoms with Gasteiger partial charge in [0.1, 0.15) is 0 Å². The van der Waals surface area contributed by atoms with Crippen molar-refractivity contribution in [2.24, 2.45) is 5.41 Å². The molecule has 0 atom stereocenters. The van der Waals surface area contributed by atoms with E-state index >= 15 is 0 Å². The molecule has 0 aliphatic rings. The molecule has 1 aromatic heterocycles. The number of fused-ring (bicyclic) bond motifs is 1. The second-order valence-corrected chi connectivity index (χ2v) is 5.74. The van der Waals surface area contributed by atoms with Gasteiger partial charge >= 0.3 is 5.97 Å². The fraction of sp³-hybridized carbons (Fsp3) is 0.312. The summed E-state index contributed by atoms with van der Waals surface area (Å²) in [6, 6.07) is 9.35. The summed E-state index contributed by atoms with van der Waals surface area (Å²) in [5, 5.41) is 12.8. The average molecular weight is 286 g/mol. The summed E-state index contributed by atoms with van der Waals surface area (Å²) in [4.78, 5) is 27.6. The molecule has 0 aliphatic heterocycles. The van der Waals surface area contributed by atoms with Gasteiger partial charge in [-0.05, 0) is 32.9 Å². The second kappa shape index (κ2) is 5.52. The molecule has 2 aromatic rings. The van der Waals surface area contributed by atoms with Crippen molar-refractivity contribution < 1.29 is 14.7 Å². The van der Waals surface area contributed by atoms with Crippen LogP contribution < -0.4 is 5.32 Å². The number of carboxylic acid groups (broad SMARTS) is 1. The number of hydrogen-bond donors (Lipinski definition) is 2. The van der Waals surface area contributed by atoms with Crippen molar-refractivity contribution in [2.75, 3.05) is 5.32 Å². The van der Waals surface area contributed by atoms with E-state index in [0.717, 1.165) is 11.1 Å². The lowest BCUT2D eigenvalue weighted by molar-refractivity contribution is -0.148. The minimum atomic E-state index is -1.10. The number of rotatable bonds is 4. The maximum atomic E-state index is 12.1. The summed E-state index contributed by atoms with van der Waals surface area (Å²) in [5.41, 5.74) is 1.06. The molecule has 5 heteroatoms. The van der Waals surface area contributed by atoms with Crippen LogP contribution in [0.4, 0.5) is 5.69 Å². The zero-order valence-electron chi connectivity index (χ0n) is 12.3. The van der Waals surface area contributed by atoms with Crippen LogP contribution in [0.3, 0.4) is 0 Å². The smallest absolute Gasteiger partial charge is 0.309 e. The van der Waals surface area contributed by atoms with Crippen molar-refractivity contribution in [2.45, 2.75) is 27.2 Å². The molecule has 1 heterocycles. The van der Waals surface area contributed by atoms with E-state index in [1.165, 1.54) is 13.8 Å². The minimum Gasteiger partial charge on any atom is -0.481 e. The molecule has 110 valence electrons. The Morgan fingerprint density at radius 1 is 1.24 bits per heavy atom. The maximum absolute atomic E-state index is 12.1. The van der Waals surface area contributed by atoms with E-state index in [1.807, 2.05) is 31.2 Å². The van der Waals surface area contributed by atoms with E-state index in [4.69, 9.17) is 5.11 Å². The molecule has 5 nitrogen and oxygen atoms in total. The van der Waals surface area contributed by atoms with E-state index in [2.05, 4.69) is 10.3 Å². The van der Waals surface area contributed by atoms with Gasteiger partial charge in [0, 0.05) is 17.5 Å². The predicted molar refractivity (Wildman–Crippen MR) is 81.1 cm³/mol. The largest absolute Gasteiger partial charge is 0.481 e. The zero-order chi connectivity index (χ0) is 15.6. The first-order valence-electron chi connectivity index (χ1n) is 6.69. The molecule has 1 amide bonds. The Labute approximate surface area is 123 Å². The lowest BCUT2D eigenvalue weighted by Gasteiger charge is -2.18. The molecule has 0 radical (unpaired) electrons. The first kappa shape index (κ1) is 15.0. The summed E-state index contributed by atoms with van der Waals surface area (Å²) in [6.45, 7) is 4.94. The van der Waals surface area contributed by atoms with Crippen molar-refractivity contribution in [3.8, 4) is 0 Å². The van der Waals surface area contributed by atoms with Gasteiger partial charge in [-0.2, -0.15) is 0 Å². The fourth-order valence-electron chi connectivity index (χ4n) is 2.02. The molecule has 0 unspecified atom stereocenters. The Morgan fingerprint density at radius 2 is 1.95 bits per heavy atom. The number of benzene rings is 1. The van der Waals surface area contributed by atoms with Crippen LogP contribution in [-0.2, 0) is 9.59 Å². The third kappa shape index (κ3) is 3.37. The highest BCUT2D eigenvalue weighted by molar-refractivity contribution is 6.01. The van der Waals surface area contributed by atoms with Gasteiger partial charge in [0.2, 0.25) is 5.91 Å². The van der Waals surface area contributed by atoms with E-state index in [9.17, 15) is 9.59 Å². The van der Waals surface area contributed by atoms with Gasteiger partial charge in [-0.1, -0.05) is 18.2 Å². The second-order valence-electron chi connectivity index (χ2n) is 5.74. The zero-order valence-corrected chi connectivity index (χ0v) is 12.3. The number of carboxylic acids is 1. The summed E-state index contributed by atoms with van der Waals surface area (Å²) in [6.07, 6.45) is -0.0927.